The van der Waals surface area contributed by atoms with E-state index >= 15 is 0 Å². The second-order valence-electron chi connectivity index (χ2n) is 11.3. The number of nitrogens with two attached hydrogens (primary N) is 1. The molecule has 0 aliphatic rings. The summed E-state index contributed by atoms with van der Waals surface area (Å²) < 4.78 is 0. The van der Waals surface area contributed by atoms with Crippen molar-refractivity contribution in [1.29, 1.82) is 0 Å². The zero-order valence-electron chi connectivity index (χ0n) is 24.2. The lowest BCUT2D eigenvalue weighted by atomic mass is 9.84. The van der Waals surface area contributed by atoms with E-state index in [1.807, 2.05) is 0 Å². The van der Waals surface area contributed by atoms with E-state index < -0.39 is 0 Å². The van der Waals surface area contributed by atoms with Crippen LogP contribution in [0.3, 0.4) is 0 Å². The molecule has 210 valence electrons. The van der Waals surface area contributed by atoms with Gasteiger partial charge in [0.1, 0.15) is 0 Å². The van der Waals surface area contributed by atoms with Crippen LogP contribution in [0.25, 0.3) is 0 Å². The number of carbonyl (C=O) groups is 1. The van der Waals surface area contributed by atoms with Gasteiger partial charge in [-0.25, -0.2) is 0 Å². The molecule has 0 radical (unpaired) electrons. The van der Waals surface area contributed by atoms with Gasteiger partial charge >= 0.3 is 0 Å². The molecule has 3 N–H and O–H groups in total. The minimum Gasteiger partial charge on any atom is -0.396 e. The van der Waals surface area contributed by atoms with Crippen LogP contribution in [0, 0.1) is 11.8 Å². The number of primary amides is 1. The lowest BCUT2D eigenvalue weighted by molar-refractivity contribution is -0.124. The second-order valence-corrected chi connectivity index (χ2v) is 11.3. The molecular formula is C32H65NO2. The van der Waals surface area contributed by atoms with Gasteiger partial charge in [0.15, 0.2) is 0 Å². The maximum absolute atomic E-state index is 11.8. The summed E-state index contributed by atoms with van der Waals surface area (Å²) >= 11 is 0. The summed E-state index contributed by atoms with van der Waals surface area (Å²) in [4.78, 5) is 11.8. The van der Waals surface area contributed by atoms with Crippen molar-refractivity contribution in [2.75, 3.05) is 6.61 Å². The highest BCUT2D eigenvalue weighted by atomic mass is 16.3. The highest BCUT2D eigenvalue weighted by Gasteiger charge is 2.24. The number of amides is 1. The Morgan fingerprint density at radius 1 is 0.514 bits per heavy atom. The fourth-order valence-corrected chi connectivity index (χ4v) is 5.47. The molecule has 0 rings (SSSR count). The molecular weight excluding hydrogens is 430 g/mol. The number of unbranched alkanes of at least 4 members (excludes halogenated alkanes) is 22. The third-order valence-corrected chi connectivity index (χ3v) is 7.97. The zero-order chi connectivity index (χ0) is 25.8. The first-order chi connectivity index (χ1) is 17.2. The van der Waals surface area contributed by atoms with E-state index in [2.05, 4.69) is 13.8 Å². The summed E-state index contributed by atoms with van der Waals surface area (Å²) in [6.07, 6.45) is 34.5. The second kappa shape index (κ2) is 28.0. The average molecular weight is 496 g/mol. The van der Waals surface area contributed by atoms with Gasteiger partial charge in [0, 0.05) is 12.5 Å². The van der Waals surface area contributed by atoms with Crippen LogP contribution in [0.1, 0.15) is 181 Å². The maximum Gasteiger partial charge on any atom is 0.220 e. The fourth-order valence-electron chi connectivity index (χ4n) is 5.47. The third-order valence-electron chi connectivity index (χ3n) is 7.97. The molecule has 0 bridgehead atoms. The normalized spacial score (nSPS) is 13.2. The first kappa shape index (κ1) is 34.4. The van der Waals surface area contributed by atoms with Gasteiger partial charge in [-0.05, 0) is 18.8 Å². The number of carbonyl (C=O) groups excluding carboxylic acids is 1. The molecule has 0 heterocycles. The Hall–Kier alpha value is -0.570. The Morgan fingerprint density at radius 2 is 0.829 bits per heavy atom. The molecule has 2 atom stereocenters. The van der Waals surface area contributed by atoms with Crippen LogP contribution in [-0.2, 0) is 4.79 Å². The average Bonchev–Trinajstić information content (AvgIpc) is 2.85. The predicted molar refractivity (Wildman–Crippen MR) is 155 cm³/mol. The van der Waals surface area contributed by atoms with Crippen LogP contribution in [-0.4, -0.2) is 17.6 Å². The van der Waals surface area contributed by atoms with Crippen molar-refractivity contribution in [2.24, 2.45) is 17.6 Å². The molecule has 35 heavy (non-hydrogen) atoms. The van der Waals surface area contributed by atoms with Crippen molar-refractivity contribution in [3.05, 3.63) is 0 Å². The topological polar surface area (TPSA) is 63.3 Å². The van der Waals surface area contributed by atoms with Crippen molar-refractivity contribution in [2.45, 2.75) is 181 Å². The summed E-state index contributed by atoms with van der Waals surface area (Å²) in [5.41, 5.74) is 5.63. The number of hydrogen-bond acceptors (Lipinski definition) is 2. The third kappa shape index (κ3) is 23.6. The van der Waals surface area contributed by atoms with Crippen LogP contribution in [0.4, 0.5) is 0 Å². The Morgan fingerprint density at radius 3 is 1.11 bits per heavy atom. The van der Waals surface area contributed by atoms with E-state index in [4.69, 9.17) is 5.73 Å². The summed E-state index contributed by atoms with van der Waals surface area (Å²) in [5.74, 6) is -0.303. The molecule has 0 saturated carbocycles. The maximum atomic E-state index is 11.8. The minimum absolute atomic E-state index is 0.0577. The molecule has 0 aromatic heterocycles. The highest BCUT2D eigenvalue weighted by Crippen LogP contribution is 2.24. The Bertz CT molecular complexity index is 426. The van der Waals surface area contributed by atoms with Gasteiger partial charge in [-0.3, -0.25) is 4.79 Å². The van der Waals surface area contributed by atoms with E-state index in [-0.39, 0.29) is 24.3 Å². The van der Waals surface area contributed by atoms with Crippen molar-refractivity contribution >= 4 is 5.91 Å². The van der Waals surface area contributed by atoms with Gasteiger partial charge in [-0.15, -0.1) is 0 Å². The molecule has 0 fully saturated rings. The molecule has 0 aliphatic carbocycles. The zero-order valence-corrected chi connectivity index (χ0v) is 24.2. The Balaban J connectivity index is 3.36. The number of hydrogen-bond donors (Lipinski definition) is 2. The van der Waals surface area contributed by atoms with Gasteiger partial charge in [0.25, 0.3) is 0 Å². The summed E-state index contributed by atoms with van der Waals surface area (Å²) in [7, 11) is 0. The van der Waals surface area contributed by atoms with Crippen LogP contribution in [0.5, 0.6) is 0 Å². The molecule has 2 unspecified atom stereocenters. The SMILES string of the molecule is CCCCCCCCCCCCCCCCCCCCCCCCC(C(N)=O)C(CO)CCCC. The monoisotopic (exact) mass is 496 g/mol. The molecule has 0 spiro atoms. The van der Waals surface area contributed by atoms with E-state index in [9.17, 15) is 9.90 Å². The van der Waals surface area contributed by atoms with Crippen molar-refractivity contribution < 1.29 is 9.90 Å². The van der Waals surface area contributed by atoms with Crippen molar-refractivity contribution in [3.63, 3.8) is 0 Å². The number of aliphatic hydroxyl groups is 1. The van der Waals surface area contributed by atoms with E-state index in [1.165, 1.54) is 135 Å². The Labute approximate surface area is 220 Å². The number of aliphatic hydroxyl groups excluding tert-OH is 1. The quantitative estimate of drug-likeness (QED) is 0.101. The molecule has 1 amide bonds. The molecule has 3 nitrogen and oxygen atoms in total. The first-order valence-corrected chi connectivity index (χ1v) is 16.1. The fraction of sp³-hybridized carbons (Fsp3) is 0.969. The van der Waals surface area contributed by atoms with E-state index in [0.29, 0.717) is 0 Å². The molecule has 3 heteroatoms. The smallest absolute Gasteiger partial charge is 0.220 e. The summed E-state index contributed by atoms with van der Waals surface area (Å²) in [6.45, 7) is 4.53. The van der Waals surface area contributed by atoms with Crippen LogP contribution in [0.15, 0.2) is 0 Å². The van der Waals surface area contributed by atoms with Crippen molar-refractivity contribution in [3.8, 4) is 0 Å². The standard InChI is InChI=1S/C32H65NO2/c1-3-5-7-8-9-10-11-12-13-14-15-16-17-18-19-20-21-22-23-24-25-26-28-31(32(33)35)30(29-34)27-6-4-2/h30-31,34H,3-29H2,1-2H3,(H2,33,35). The Kier molecular flexibility index (Phi) is 27.6. The number of rotatable bonds is 29. The minimum atomic E-state index is -0.219. The summed E-state index contributed by atoms with van der Waals surface area (Å²) in [6, 6.07) is 0. The molecule has 0 aliphatic heterocycles. The lowest BCUT2D eigenvalue weighted by Gasteiger charge is -2.22. The van der Waals surface area contributed by atoms with E-state index in [1.54, 1.807) is 0 Å². The summed E-state index contributed by atoms with van der Waals surface area (Å²) in [5, 5.41) is 9.64. The van der Waals surface area contributed by atoms with Gasteiger partial charge in [0.05, 0.1) is 0 Å². The molecule has 0 aromatic carbocycles. The van der Waals surface area contributed by atoms with Gasteiger partial charge in [-0.2, -0.15) is 0 Å². The first-order valence-electron chi connectivity index (χ1n) is 16.1. The lowest BCUT2D eigenvalue weighted by Crippen LogP contribution is -2.32. The van der Waals surface area contributed by atoms with Crippen LogP contribution < -0.4 is 5.73 Å². The van der Waals surface area contributed by atoms with Gasteiger partial charge in [-0.1, -0.05) is 168 Å². The van der Waals surface area contributed by atoms with Gasteiger partial charge < -0.3 is 10.8 Å². The molecule has 0 saturated heterocycles. The van der Waals surface area contributed by atoms with E-state index in [0.717, 1.165) is 32.1 Å². The van der Waals surface area contributed by atoms with Crippen molar-refractivity contribution in [1.82, 2.24) is 0 Å². The van der Waals surface area contributed by atoms with Crippen LogP contribution >= 0.6 is 0 Å². The largest absolute Gasteiger partial charge is 0.396 e. The van der Waals surface area contributed by atoms with Crippen LogP contribution in [0.2, 0.25) is 0 Å². The van der Waals surface area contributed by atoms with Gasteiger partial charge in [0.2, 0.25) is 5.91 Å². The molecule has 0 aromatic rings. The highest BCUT2D eigenvalue weighted by molar-refractivity contribution is 5.76. The predicted octanol–water partition coefficient (Wildman–Crippen LogP) is 9.88.